The fourth-order valence-electron chi connectivity index (χ4n) is 0.827. The average molecular weight is 237 g/mol. The van der Waals surface area contributed by atoms with Crippen molar-refractivity contribution >= 4 is 16.0 Å². The number of hydrogen-bond donors (Lipinski definition) is 1. The summed E-state index contributed by atoms with van der Waals surface area (Å²) >= 11 is 0. The van der Waals surface area contributed by atoms with Gasteiger partial charge in [0.15, 0.2) is 0 Å². The highest BCUT2D eigenvalue weighted by atomic mass is 32.2. The molecule has 0 aliphatic carbocycles. The van der Waals surface area contributed by atoms with E-state index in [-0.39, 0.29) is 11.9 Å². The molecule has 0 aromatic carbocycles. The molecule has 0 aliphatic rings. The van der Waals surface area contributed by atoms with E-state index in [0.29, 0.717) is 12.5 Å². The summed E-state index contributed by atoms with van der Waals surface area (Å²) < 4.78 is 21.4. The second kappa shape index (κ2) is 9.83. The highest BCUT2D eigenvalue weighted by Crippen LogP contribution is 1.90. The van der Waals surface area contributed by atoms with Gasteiger partial charge in [-0.1, -0.05) is 6.92 Å². The third-order valence-corrected chi connectivity index (χ3v) is 2.83. The molecule has 0 amide bonds. The quantitative estimate of drug-likeness (QED) is 0.669. The van der Waals surface area contributed by atoms with Crippen LogP contribution in [0.2, 0.25) is 0 Å². The Bertz CT molecular complexity index is 268. The molecule has 1 N–H and O–H groups in total. The summed E-state index contributed by atoms with van der Waals surface area (Å²) in [5, 5.41) is 3.24. The first-order valence-corrected chi connectivity index (χ1v) is 6.83. The predicted molar refractivity (Wildman–Crippen MR) is 57.1 cm³/mol. The molecule has 5 nitrogen and oxygen atoms in total. The van der Waals surface area contributed by atoms with Gasteiger partial charge in [0.05, 0.1) is 5.75 Å². The third-order valence-electron chi connectivity index (χ3n) is 1.80. The lowest BCUT2D eigenvalue weighted by atomic mass is 10.2. The van der Waals surface area contributed by atoms with E-state index in [1.807, 2.05) is 0 Å². The van der Waals surface area contributed by atoms with Gasteiger partial charge in [0.25, 0.3) is 0 Å². The summed E-state index contributed by atoms with van der Waals surface area (Å²) in [6, 6.07) is 0.490. The molecule has 0 saturated heterocycles. The molecule has 1 atom stereocenters. The minimum Gasteiger partial charge on any atom is -0.314 e. The third kappa shape index (κ3) is 19.6. The summed E-state index contributed by atoms with van der Waals surface area (Å²) in [5.41, 5.74) is 0. The molecule has 0 radical (unpaired) electrons. The lowest BCUT2D eigenvalue weighted by Crippen LogP contribution is -2.27. The van der Waals surface area contributed by atoms with Gasteiger partial charge in [0, 0.05) is 12.3 Å². The Labute approximate surface area is 91.2 Å². The predicted octanol–water partition coefficient (Wildman–Crippen LogP) is 0.226. The van der Waals surface area contributed by atoms with Crippen LogP contribution in [-0.4, -0.2) is 39.2 Å². The molecule has 90 valence electrons. The molecular weight excluding hydrogens is 218 g/mol. The van der Waals surface area contributed by atoms with Crippen molar-refractivity contribution in [1.82, 2.24) is 5.32 Å². The van der Waals surface area contributed by atoms with Gasteiger partial charge in [-0.2, -0.15) is 9.59 Å². The van der Waals surface area contributed by atoms with Gasteiger partial charge in [-0.15, -0.1) is 0 Å². The lowest BCUT2D eigenvalue weighted by molar-refractivity contribution is -0.191. The van der Waals surface area contributed by atoms with Crippen LogP contribution in [0.3, 0.4) is 0 Å². The van der Waals surface area contributed by atoms with Crippen molar-refractivity contribution in [1.29, 1.82) is 0 Å². The first kappa shape index (κ1) is 16.7. The van der Waals surface area contributed by atoms with Crippen molar-refractivity contribution in [3.05, 3.63) is 0 Å². The van der Waals surface area contributed by atoms with Gasteiger partial charge in [-0.25, -0.2) is 8.42 Å². The van der Waals surface area contributed by atoms with Crippen LogP contribution < -0.4 is 5.32 Å². The fraction of sp³-hybridized carbons (Fsp3) is 0.889. The van der Waals surface area contributed by atoms with Crippen molar-refractivity contribution in [2.75, 3.05) is 18.6 Å². The van der Waals surface area contributed by atoms with Gasteiger partial charge in [0.1, 0.15) is 9.84 Å². The van der Waals surface area contributed by atoms with Crippen molar-refractivity contribution in [2.45, 2.75) is 32.7 Å². The normalized spacial score (nSPS) is 12.2. The van der Waals surface area contributed by atoms with Crippen molar-refractivity contribution in [2.24, 2.45) is 0 Å². The van der Waals surface area contributed by atoms with E-state index in [4.69, 9.17) is 9.59 Å². The maximum absolute atomic E-state index is 10.7. The van der Waals surface area contributed by atoms with E-state index in [2.05, 4.69) is 19.2 Å². The maximum atomic E-state index is 10.7. The molecule has 0 aliphatic heterocycles. The van der Waals surface area contributed by atoms with Crippen molar-refractivity contribution < 1.29 is 18.0 Å². The van der Waals surface area contributed by atoms with Gasteiger partial charge < -0.3 is 5.32 Å². The van der Waals surface area contributed by atoms with Crippen LogP contribution in [0.5, 0.6) is 0 Å². The Balaban J connectivity index is 0. The van der Waals surface area contributed by atoms with E-state index in [1.54, 1.807) is 0 Å². The second-order valence-electron chi connectivity index (χ2n) is 3.33. The Hall–Kier alpha value is -0.710. The van der Waals surface area contributed by atoms with Crippen LogP contribution in [-0.2, 0) is 19.4 Å². The van der Waals surface area contributed by atoms with E-state index < -0.39 is 9.84 Å². The molecule has 15 heavy (non-hydrogen) atoms. The van der Waals surface area contributed by atoms with E-state index in [0.717, 1.165) is 13.0 Å². The average Bonchev–Trinajstić information content (AvgIpc) is 2.12. The first-order chi connectivity index (χ1) is 6.87. The highest BCUT2D eigenvalue weighted by Gasteiger charge is 2.01. The molecule has 0 aromatic rings. The molecule has 6 heteroatoms. The molecule has 0 spiro atoms. The summed E-state index contributed by atoms with van der Waals surface area (Å²) in [7, 11) is -2.77. The summed E-state index contributed by atoms with van der Waals surface area (Å²) in [4.78, 5) is 16.2. The smallest absolute Gasteiger partial charge is 0.314 e. The summed E-state index contributed by atoms with van der Waals surface area (Å²) in [6.45, 7) is 5.00. The molecule has 0 fully saturated rings. The topological polar surface area (TPSA) is 80.3 Å². The molecule has 0 bridgehead atoms. The Morgan fingerprint density at radius 1 is 1.33 bits per heavy atom. The Morgan fingerprint density at radius 2 is 1.80 bits per heavy atom. The highest BCUT2D eigenvalue weighted by molar-refractivity contribution is 7.90. The van der Waals surface area contributed by atoms with Gasteiger partial charge in [-0.05, 0) is 26.3 Å². The molecule has 0 saturated carbocycles. The Kier molecular flexibility index (Phi) is 11.0. The van der Waals surface area contributed by atoms with Gasteiger partial charge in [0.2, 0.25) is 0 Å². The zero-order chi connectivity index (χ0) is 12.3. The van der Waals surface area contributed by atoms with Crippen LogP contribution in [0.4, 0.5) is 0 Å². The van der Waals surface area contributed by atoms with Gasteiger partial charge >= 0.3 is 6.15 Å². The van der Waals surface area contributed by atoms with Crippen molar-refractivity contribution in [3.8, 4) is 0 Å². The van der Waals surface area contributed by atoms with Crippen LogP contribution >= 0.6 is 0 Å². The van der Waals surface area contributed by atoms with E-state index >= 15 is 0 Å². The molecular formula is C9H19NO4S. The molecule has 0 heterocycles. The van der Waals surface area contributed by atoms with Crippen molar-refractivity contribution in [3.63, 3.8) is 0 Å². The number of rotatable bonds is 6. The van der Waals surface area contributed by atoms with Crippen LogP contribution in [0, 0.1) is 0 Å². The fourth-order valence-corrected chi connectivity index (χ4v) is 1.50. The van der Waals surface area contributed by atoms with Crippen LogP contribution in [0.25, 0.3) is 0 Å². The van der Waals surface area contributed by atoms with Crippen LogP contribution in [0.1, 0.15) is 26.7 Å². The number of hydrogen-bond acceptors (Lipinski definition) is 5. The number of sulfone groups is 1. The molecule has 0 aromatic heterocycles. The zero-order valence-electron chi connectivity index (χ0n) is 9.45. The maximum Gasteiger partial charge on any atom is 0.373 e. The molecule has 0 rings (SSSR count). The number of nitrogens with one attached hydrogen (secondary N) is 1. The Morgan fingerprint density at radius 3 is 2.13 bits per heavy atom. The minimum absolute atomic E-state index is 0.250. The lowest BCUT2D eigenvalue weighted by Gasteiger charge is -2.09. The molecule has 1 unspecified atom stereocenters. The minimum atomic E-state index is -2.77. The largest absolute Gasteiger partial charge is 0.373 e. The monoisotopic (exact) mass is 237 g/mol. The zero-order valence-corrected chi connectivity index (χ0v) is 10.3. The number of carbonyl (C=O) groups excluding carboxylic acids is 2. The standard InChI is InChI=1S/C8H19NO2S.CO2/c1-4-8(2)9-6-5-7-12(3,10)11;2-1-3/h8-9H,4-7H2,1-3H3;. The summed E-state index contributed by atoms with van der Waals surface area (Å²) in [5.74, 6) is 0.288. The van der Waals surface area contributed by atoms with E-state index in [9.17, 15) is 8.42 Å². The van der Waals surface area contributed by atoms with Gasteiger partial charge in [-0.3, -0.25) is 0 Å². The first-order valence-electron chi connectivity index (χ1n) is 4.77. The van der Waals surface area contributed by atoms with E-state index in [1.165, 1.54) is 6.26 Å². The SMILES string of the molecule is CCC(C)NCCCS(C)(=O)=O.O=C=O. The summed E-state index contributed by atoms with van der Waals surface area (Å²) in [6.07, 6.45) is 3.32. The van der Waals surface area contributed by atoms with Crippen LogP contribution in [0.15, 0.2) is 0 Å². The second-order valence-corrected chi connectivity index (χ2v) is 5.59.